The molecule has 136 valence electrons. The lowest BCUT2D eigenvalue weighted by Gasteiger charge is -2.08. The van der Waals surface area contributed by atoms with Gasteiger partial charge in [0.2, 0.25) is 0 Å². The largest absolute Gasteiger partial charge is 0.383 e. The predicted molar refractivity (Wildman–Crippen MR) is 107 cm³/mol. The number of nitrogens with zero attached hydrogens (tertiary/aromatic N) is 1. The second-order valence-electron chi connectivity index (χ2n) is 6.46. The number of H-pyrrole nitrogens is 1. The number of carbonyl (C=O) groups excluding carboxylic acids is 1. The third-order valence-electron chi connectivity index (χ3n) is 4.46. The Labute approximate surface area is 154 Å². The molecule has 0 saturated carbocycles. The van der Waals surface area contributed by atoms with Gasteiger partial charge in [0, 0.05) is 42.6 Å². The molecule has 1 amide bonds. The van der Waals surface area contributed by atoms with E-state index in [1.54, 1.807) is 12.4 Å². The van der Waals surface area contributed by atoms with Crippen LogP contribution in [0.2, 0.25) is 0 Å². The number of benzene rings is 1. The fourth-order valence-electron chi connectivity index (χ4n) is 3.02. The summed E-state index contributed by atoms with van der Waals surface area (Å²) < 4.78 is 0. The fourth-order valence-corrected chi connectivity index (χ4v) is 3.02. The molecule has 0 bridgehead atoms. The van der Waals surface area contributed by atoms with Crippen LogP contribution < -0.4 is 10.6 Å². The van der Waals surface area contributed by atoms with Crippen molar-refractivity contribution in [1.82, 2.24) is 15.3 Å². The average Bonchev–Trinajstić information content (AvgIpc) is 3.09. The minimum Gasteiger partial charge on any atom is -0.383 e. The van der Waals surface area contributed by atoms with Crippen molar-refractivity contribution in [3.63, 3.8) is 0 Å². The van der Waals surface area contributed by atoms with Crippen LogP contribution in [-0.2, 0) is 6.42 Å². The minimum absolute atomic E-state index is 0.0612. The van der Waals surface area contributed by atoms with Crippen molar-refractivity contribution in [2.75, 3.05) is 18.4 Å². The number of anilines is 1. The summed E-state index contributed by atoms with van der Waals surface area (Å²) >= 11 is 0. The smallest absolute Gasteiger partial charge is 0.252 e. The lowest BCUT2D eigenvalue weighted by atomic mass is 10.1. The number of hydrogen-bond donors (Lipinski definition) is 3. The molecule has 2 heterocycles. The molecule has 0 fully saturated rings. The highest BCUT2D eigenvalue weighted by atomic mass is 16.1. The average molecular weight is 350 g/mol. The molecular formula is C21H26N4O. The quantitative estimate of drug-likeness (QED) is 0.508. The van der Waals surface area contributed by atoms with Gasteiger partial charge in [-0.3, -0.25) is 9.78 Å². The first-order valence-electron chi connectivity index (χ1n) is 9.30. The molecular weight excluding hydrogens is 324 g/mol. The Balaban J connectivity index is 1.53. The van der Waals surface area contributed by atoms with Crippen LogP contribution in [-0.4, -0.2) is 29.0 Å². The molecule has 0 radical (unpaired) electrons. The third-order valence-corrected chi connectivity index (χ3v) is 4.46. The summed E-state index contributed by atoms with van der Waals surface area (Å²) in [6.45, 7) is 3.65. The number of unbranched alkanes of at least 4 members (excludes halogenated alkanes) is 2. The van der Waals surface area contributed by atoms with Crippen LogP contribution in [0.25, 0.3) is 10.9 Å². The third kappa shape index (κ3) is 4.63. The Morgan fingerprint density at radius 2 is 2.04 bits per heavy atom. The van der Waals surface area contributed by atoms with Gasteiger partial charge in [-0.2, -0.15) is 0 Å². The summed E-state index contributed by atoms with van der Waals surface area (Å²) in [6, 6.07) is 10.2. The Kier molecular flexibility index (Phi) is 6.25. The number of pyridine rings is 1. The first-order chi connectivity index (χ1) is 12.8. The Morgan fingerprint density at radius 1 is 1.15 bits per heavy atom. The summed E-state index contributed by atoms with van der Waals surface area (Å²) in [5.41, 5.74) is 3.90. The second-order valence-corrected chi connectivity index (χ2v) is 6.46. The van der Waals surface area contributed by atoms with Crippen molar-refractivity contribution in [3.05, 3.63) is 60.0 Å². The molecule has 1 aromatic carbocycles. The molecule has 0 aliphatic rings. The highest BCUT2D eigenvalue weighted by Crippen LogP contribution is 2.18. The van der Waals surface area contributed by atoms with E-state index in [1.165, 1.54) is 10.9 Å². The number of nitrogens with one attached hydrogen (secondary N) is 3. The number of aromatic nitrogens is 2. The number of rotatable bonds is 9. The van der Waals surface area contributed by atoms with E-state index in [0.717, 1.165) is 43.4 Å². The first-order valence-corrected chi connectivity index (χ1v) is 9.30. The van der Waals surface area contributed by atoms with Crippen molar-refractivity contribution in [3.8, 4) is 0 Å². The van der Waals surface area contributed by atoms with Crippen LogP contribution in [0, 0.1) is 0 Å². The van der Waals surface area contributed by atoms with Crippen molar-refractivity contribution in [1.29, 1.82) is 0 Å². The minimum atomic E-state index is -0.0612. The summed E-state index contributed by atoms with van der Waals surface area (Å²) in [7, 11) is 0. The highest BCUT2D eigenvalue weighted by molar-refractivity contribution is 5.94. The molecule has 0 aliphatic carbocycles. The Hall–Kier alpha value is -2.82. The van der Waals surface area contributed by atoms with Gasteiger partial charge in [0.15, 0.2) is 0 Å². The number of para-hydroxylation sites is 1. The fraction of sp³-hybridized carbons (Fsp3) is 0.333. The molecule has 5 heteroatoms. The van der Waals surface area contributed by atoms with Gasteiger partial charge >= 0.3 is 0 Å². The maximum atomic E-state index is 12.2. The van der Waals surface area contributed by atoms with Crippen molar-refractivity contribution in [2.45, 2.75) is 32.6 Å². The van der Waals surface area contributed by atoms with Gasteiger partial charge in [-0.25, -0.2) is 0 Å². The zero-order valence-electron chi connectivity index (χ0n) is 15.2. The Morgan fingerprint density at radius 3 is 2.92 bits per heavy atom. The number of hydrogen-bond acceptors (Lipinski definition) is 3. The SMILES string of the molecule is CCCCCNC(=O)c1cncc(NCCc2c[nH]c3ccccc23)c1. The Bertz CT molecular complexity index is 856. The predicted octanol–water partition coefficient (Wildman–Crippen LogP) is 4.14. The second kappa shape index (κ2) is 9.04. The van der Waals surface area contributed by atoms with Gasteiger partial charge in [0.05, 0.1) is 11.3 Å². The summed E-state index contributed by atoms with van der Waals surface area (Å²) in [5.74, 6) is -0.0612. The molecule has 2 aromatic heterocycles. The molecule has 3 aromatic rings. The first kappa shape index (κ1) is 18.0. The molecule has 0 atom stereocenters. The van der Waals surface area contributed by atoms with Crippen LogP contribution in [0.15, 0.2) is 48.9 Å². The van der Waals surface area contributed by atoms with E-state index in [0.29, 0.717) is 12.1 Å². The number of fused-ring (bicyclic) bond motifs is 1. The van der Waals surface area contributed by atoms with Gasteiger partial charge in [0.1, 0.15) is 0 Å². The van der Waals surface area contributed by atoms with E-state index in [1.807, 2.05) is 12.1 Å². The number of amides is 1. The lowest BCUT2D eigenvalue weighted by Crippen LogP contribution is -2.24. The van der Waals surface area contributed by atoms with E-state index >= 15 is 0 Å². The van der Waals surface area contributed by atoms with Crippen molar-refractivity contribution < 1.29 is 4.79 Å². The molecule has 5 nitrogen and oxygen atoms in total. The topological polar surface area (TPSA) is 69.8 Å². The summed E-state index contributed by atoms with van der Waals surface area (Å²) in [6.07, 6.45) is 9.62. The molecule has 0 spiro atoms. The zero-order valence-corrected chi connectivity index (χ0v) is 15.2. The molecule has 0 saturated heterocycles. The monoisotopic (exact) mass is 350 g/mol. The van der Waals surface area contributed by atoms with Crippen LogP contribution >= 0.6 is 0 Å². The van der Waals surface area contributed by atoms with Gasteiger partial charge < -0.3 is 15.6 Å². The van der Waals surface area contributed by atoms with E-state index in [9.17, 15) is 4.79 Å². The van der Waals surface area contributed by atoms with Crippen LogP contribution in [0.4, 0.5) is 5.69 Å². The summed E-state index contributed by atoms with van der Waals surface area (Å²) in [5, 5.41) is 7.57. The normalized spacial score (nSPS) is 10.8. The molecule has 3 N–H and O–H groups in total. The van der Waals surface area contributed by atoms with Gasteiger partial charge in [-0.05, 0) is 30.5 Å². The molecule has 26 heavy (non-hydrogen) atoms. The zero-order chi connectivity index (χ0) is 18.2. The van der Waals surface area contributed by atoms with E-state index in [-0.39, 0.29) is 5.91 Å². The number of carbonyl (C=O) groups is 1. The van der Waals surface area contributed by atoms with Crippen LogP contribution in [0.5, 0.6) is 0 Å². The van der Waals surface area contributed by atoms with Crippen LogP contribution in [0.1, 0.15) is 42.1 Å². The van der Waals surface area contributed by atoms with E-state index in [2.05, 4.69) is 51.9 Å². The maximum Gasteiger partial charge on any atom is 0.252 e. The summed E-state index contributed by atoms with van der Waals surface area (Å²) in [4.78, 5) is 19.7. The molecule has 0 aliphatic heterocycles. The van der Waals surface area contributed by atoms with Gasteiger partial charge in [-0.15, -0.1) is 0 Å². The van der Waals surface area contributed by atoms with Crippen molar-refractivity contribution in [2.24, 2.45) is 0 Å². The lowest BCUT2D eigenvalue weighted by molar-refractivity contribution is 0.0952. The maximum absolute atomic E-state index is 12.2. The number of aromatic amines is 1. The van der Waals surface area contributed by atoms with Gasteiger partial charge in [0.25, 0.3) is 5.91 Å². The molecule has 0 unspecified atom stereocenters. The van der Waals surface area contributed by atoms with Crippen LogP contribution in [0.3, 0.4) is 0 Å². The van der Waals surface area contributed by atoms with Gasteiger partial charge in [-0.1, -0.05) is 38.0 Å². The highest BCUT2D eigenvalue weighted by Gasteiger charge is 2.07. The standard InChI is InChI=1S/C21H26N4O/c1-2-3-6-10-24-21(26)17-12-18(15-22-13-17)23-11-9-16-14-25-20-8-5-4-7-19(16)20/h4-5,7-8,12-15,23,25H,2-3,6,9-11H2,1H3,(H,24,26). The van der Waals surface area contributed by atoms with Crippen molar-refractivity contribution >= 4 is 22.5 Å². The molecule has 3 rings (SSSR count). The van der Waals surface area contributed by atoms with E-state index in [4.69, 9.17) is 0 Å². The van der Waals surface area contributed by atoms with E-state index < -0.39 is 0 Å².